The molecular formula is C19H27NO4Si. The van der Waals surface area contributed by atoms with Gasteiger partial charge >= 0.3 is 6.09 Å². The molecule has 0 spiro atoms. The first-order valence-corrected chi connectivity index (χ1v) is 11.4. The third kappa shape index (κ3) is 4.58. The summed E-state index contributed by atoms with van der Waals surface area (Å²) in [4.78, 5) is 25.6. The maximum atomic E-state index is 12.5. The number of imide groups is 1. The molecule has 0 N–H and O–H groups in total. The highest BCUT2D eigenvalue weighted by Gasteiger charge is 2.38. The van der Waals surface area contributed by atoms with Crippen molar-refractivity contribution in [2.75, 3.05) is 13.2 Å². The van der Waals surface area contributed by atoms with Gasteiger partial charge < -0.3 is 9.16 Å². The van der Waals surface area contributed by atoms with Gasteiger partial charge in [0.05, 0.1) is 6.61 Å². The van der Waals surface area contributed by atoms with Gasteiger partial charge in [0, 0.05) is 6.08 Å². The van der Waals surface area contributed by atoms with E-state index >= 15 is 0 Å². The van der Waals surface area contributed by atoms with E-state index in [9.17, 15) is 9.59 Å². The van der Waals surface area contributed by atoms with Crippen molar-refractivity contribution < 1.29 is 18.8 Å². The summed E-state index contributed by atoms with van der Waals surface area (Å²) < 4.78 is 11.1. The van der Waals surface area contributed by atoms with Crippen LogP contribution in [0.3, 0.4) is 0 Å². The number of hydrogen-bond donors (Lipinski definition) is 0. The Kier molecular flexibility index (Phi) is 5.85. The summed E-state index contributed by atoms with van der Waals surface area (Å²) >= 11 is 0. The first kappa shape index (κ1) is 19.4. The van der Waals surface area contributed by atoms with E-state index < -0.39 is 14.4 Å². The molecule has 1 fully saturated rings. The van der Waals surface area contributed by atoms with E-state index in [-0.39, 0.29) is 23.6 Å². The van der Waals surface area contributed by atoms with E-state index in [0.717, 1.165) is 10.5 Å². The van der Waals surface area contributed by atoms with Crippen LogP contribution < -0.4 is 0 Å². The van der Waals surface area contributed by atoms with E-state index in [2.05, 4.69) is 33.9 Å². The molecule has 2 rings (SSSR count). The lowest BCUT2D eigenvalue weighted by molar-refractivity contribution is -0.124. The Labute approximate surface area is 150 Å². The summed E-state index contributed by atoms with van der Waals surface area (Å²) in [6, 6.07) is 9.04. The van der Waals surface area contributed by atoms with Gasteiger partial charge in [-0.25, -0.2) is 9.69 Å². The summed E-state index contributed by atoms with van der Waals surface area (Å²) in [7, 11) is -1.86. The Morgan fingerprint density at radius 2 is 1.96 bits per heavy atom. The van der Waals surface area contributed by atoms with Crippen LogP contribution in [0.1, 0.15) is 32.4 Å². The van der Waals surface area contributed by atoms with E-state index in [1.165, 1.54) is 6.08 Å². The van der Waals surface area contributed by atoms with Gasteiger partial charge in [-0.2, -0.15) is 0 Å². The molecule has 136 valence electrons. The Balaban J connectivity index is 2.00. The van der Waals surface area contributed by atoms with Gasteiger partial charge in [0.2, 0.25) is 0 Å². The second-order valence-corrected chi connectivity index (χ2v) is 12.5. The lowest BCUT2D eigenvalue weighted by atomic mass is 10.1. The summed E-state index contributed by atoms with van der Waals surface area (Å²) in [5, 5.41) is 0.113. The summed E-state index contributed by atoms with van der Waals surface area (Å²) in [5.74, 6) is -0.379. The summed E-state index contributed by atoms with van der Waals surface area (Å²) in [5.41, 5.74) is 0.882. The smallest absolute Gasteiger partial charge is 0.417 e. The van der Waals surface area contributed by atoms with Gasteiger partial charge in [0.15, 0.2) is 8.32 Å². The van der Waals surface area contributed by atoms with Gasteiger partial charge in [-0.1, -0.05) is 57.2 Å². The monoisotopic (exact) mass is 361 g/mol. The Hall–Kier alpha value is -1.92. The van der Waals surface area contributed by atoms with E-state index in [0.29, 0.717) is 6.61 Å². The minimum Gasteiger partial charge on any atom is -0.446 e. The van der Waals surface area contributed by atoms with Crippen LogP contribution in [0.15, 0.2) is 42.5 Å². The van der Waals surface area contributed by atoms with Crippen molar-refractivity contribution in [3.05, 3.63) is 48.0 Å². The van der Waals surface area contributed by atoms with Gasteiger partial charge in [-0.3, -0.25) is 4.79 Å². The largest absolute Gasteiger partial charge is 0.446 e. The molecule has 2 amide bonds. The average Bonchev–Trinajstić information content (AvgIpc) is 2.93. The molecule has 0 aromatic heterocycles. The molecule has 25 heavy (non-hydrogen) atoms. The molecule has 1 aromatic rings. The topological polar surface area (TPSA) is 55.8 Å². The van der Waals surface area contributed by atoms with Gasteiger partial charge in [-0.05, 0) is 23.7 Å². The Bertz CT molecular complexity index is 649. The molecule has 0 saturated carbocycles. The molecule has 1 aromatic carbocycles. The second kappa shape index (κ2) is 7.54. The molecule has 1 aliphatic rings. The third-order valence-electron chi connectivity index (χ3n) is 4.90. The van der Waals surface area contributed by atoms with Crippen molar-refractivity contribution in [2.45, 2.75) is 44.9 Å². The fourth-order valence-corrected chi connectivity index (χ4v) is 3.23. The van der Waals surface area contributed by atoms with Crippen LogP contribution in [0, 0.1) is 0 Å². The fraction of sp³-hybridized carbons (Fsp3) is 0.474. The van der Waals surface area contributed by atoms with E-state index in [1.54, 1.807) is 6.08 Å². The number of hydrogen-bond acceptors (Lipinski definition) is 4. The number of carbonyl (C=O) groups is 2. The zero-order chi connectivity index (χ0) is 18.7. The SMILES string of the molecule is CC(C)(C)[Si](C)(C)OC/C=C\C(=O)N1C(=O)OC[C@H]1c1ccccc1. The molecule has 1 atom stereocenters. The van der Waals surface area contributed by atoms with Crippen LogP contribution in [-0.4, -0.2) is 38.4 Å². The Morgan fingerprint density at radius 1 is 1.32 bits per heavy atom. The molecule has 1 saturated heterocycles. The van der Waals surface area contributed by atoms with Crippen LogP contribution >= 0.6 is 0 Å². The molecular weight excluding hydrogens is 334 g/mol. The van der Waals surface area contributed by atoms with Crippen LogP contribution in [0.2, 0.25) is 18.1 Å². The predicted octanol–water partition coefficient (Wildman–Crippen LogP) is 4.28. The summed E-state index contributed by atoms with van der Waals surface area (Å²) in [6.07, 6.45) is 2.47. The first-order valence-electron chi connectivity index (χ1n) is 8.49. The van der Waals surface area contributed by atoms with Gasteiger partial charge in [0.25, 0.3) is 5.91 Å². The quantitative estimate of drug-likeness (QED) is 0.580. The lowest BCUT2D eigenvalue weighted by Crippen LogP contribution is -2.40. The predicted molar refractivity (Wildman–Crippen MR) is 99.7 cm³/mol. The minimum absolute atomic E-state index is 0.113. The molecule has 0 radical (unpaired) electrons. The van der Waals surface area contributed by atoms with Crippen LogP contribution in [0.5, 0.6) is 0 Å². The van der Waals surface area contributed by atoms with Crippen LogP contribution in [0.4, 0.5) is 4.79 Å². The third-order valence-corrected chi connectivity index (χ3v) is 9.40. The number of amides is 2. The minimum atomic E-state index is -1.86. The number of cyclic esters (lactones) is 1. The molecule has 6 heteroatoms. The van der Waals surface area contributed by atoms with Gasteiger partial charge in [-0.15, -0.1) is 0 Å². The van der Waals surface area contributed by atoms with Crippen molar-refractivity contribution in [2.24, 2.45) is 0 Å². The average molecular weight is 362 g/mol. The zero-order valence-corrected chi connectivity index (χ0v) is 16.6. The highest BCUT2D eigenvalue weighted by Crippen LogP contribution is 2.36. The van der Waals surface area contributed by atoms with Crippen molar-refractivity contribution in [1.82, 2.24) is 4.90 Å². The molecule has 5 nitrogen and oxygen atoms in total. The van der Waals surface area contributed by atoms with Crippen molar-refractivity contribution >= 4 is 20.3 Å². The molecule has 0 unspecified atom stereocenters. The molecule has 0 bridgehead atoms. The number of carbonyl (C=O) groups excluding carboxylic acids is 2. The molecule has 0 aliphatic carbocycles. The number of ether oxygens (including phenoxy) is 1. The van der Waals surface area contributed by atoms with E-state index in [4.69, 9.17) is 9.16 Å². The van der Waals surface area contributed by atoms with Crippen molar-refractivity contribution in [1.29, 1.82) is 0 Å². The Morgan fingerprint density at radius 3 is 2.56 bits per heavy atom. The lowest BCUT2D eigenvalue weighted by Gasteiger charge is -2.35. The fourth-order valence-electron chi connectivity index (χ4n) is 2.29. The summed E-state index contributed by atoms with van der Waals surface area (Å²) in [6.45, 7) is 11.4. The maximum absolute atomic E-state index is 12.5. The standard InChI is InChI=1S/C19H27NO4Si/c1-19(2,3)25(4,5)24-13-9-12-17(21)20-16(14-23-18(20)22)15-10-7-6-8-11-15/h6-12,16H,13-14H2,1-5H3/b12-9-/t16-/m0/s1. The number of benzene rings is 1. The van der Waals surface area contributed by atoms with Gasteiger partial charge in [0.1, 0.15) is 12.6 Å². The van der Waals surface area contributed by atoms with E-state index in [1.807, 2.05) is 30.3 Å². The van der Waals surface area contributed by atoms with Crippen molar-refractivity contribution in [3.63, 3.8) is 0 Å². The first-order chi connectivity index (χ1) is 11.6. The van der Waals surface area contributed by atoms with Crippen LogP contribution in [0.25, 0.3) is 0 Å². The highest BCUT2D eigenvalue weighted by atomic mass is 28.4. The van der Waals surface area contributed by atoms with Crippen molar-refractivity contribution in [3.8, 4) is 0 Å². The highest BCUT2D eigenvalue weighted by molar-refractivity contribution is 6.74. The molecule has 1 heterocycles. The van der Waals surface area contributed by atoms with Crippen LogP contribution in [-0.2, 0) is 14.0 Å². The number of nitrogens with zero attached hydrogens (tertiary/aromatic N) is 1. The molecule has 1 aliphatic heterocycles. The maximum Gasteiger partial charge on any atom is 0.417 e. The number of rotatable bonds is 5. The normalized spacial score (nSPS) is 18.7. The second-order valence-electron chi connectivity index (χ2n) is 7.69. The zero-order valence-electron chi connectivity index (χ0n) is 15.6.